The maximum absolute atomic E-state index is 13.1. The van der Waals surface area contributed by atoms with Crippen molar-refractivity contribution in [1.29, 1.82) is 0 Å². The number of unbranched alkanes of at least 4 members (excludes halogenated alkanes) is 3. The molecule has 1 aromatic carbocycles. The number of benzene rings is 1. The molecular formula is C16H24FNO. The molecule has 1 fully saturated rings. The van der Waals surface area contributed by atoms with Gasteiger partial charge in [0.1, 0.15) is 5.82 Å². The Morgan fingerprint density at radius 3 is 2.68 bits per heavy atom. The summed E-state index contributed by atoms with van der Waals surface area (Å²) in [7, 11) is 0. The van der Waals surface area contributed by atoms with Crippen LogP contribution in [-0.2, 0) is 0 Å². The van der Waals surface area contributed by atoms with Gasteiger partial charge in [-0.25, -0.2) is 4.39 Å². The molecule has 0 bridgehead atoms. The van der Waals surface area contributed by atoms with E-state index in [4.69, 9.17) is 5.11 Å². The van der Waals surface area contributed by atoms with E-state index >= 15 is 0 Å². The molecule has 0 aliphatic heterocycles. The number of aliphatic hydroxyl groups is 1. The van der Waals surface area contributed by atoms with Gasteiger partial charge in [-0.3, -0.25) is 0 Å². The second-order valence-electron chi connectivity index (χ2n) is 5.51. The zero-order valence-electron chi connectivity index (χ0n) is 11.4. The highest BCUT2D eigenvalue weighted by Crippen LogP contribution is 2.36. The molecule has 3 heteroatoms. The molecule has 2 N–H and O–H groups in total. The molecule has 0 unspecified atom stereocenters. The van der Waals surface area contributed by atoms with Crippen LogP contribution in [0.5, 0.6) is 0 Å². The Kier molecular flexibility index (Phi) is 5.80. The molecule has 0 spiro atoms. The number of aliphatic hydroxyl groups excluding tert-OH is 1. The molecule has 0 saturated heterocycles. The van der Waals surface area contributed by atoms with Gasteiger partial charge in [0.2, 0.25) is 0 Å². The van der Waals surface area contributed by atoms with Crippen LogP contribution in [0, 0.1) is 5.82 Å². The molecule has 0 heterocycles. The third-order valence-corrected chi connectivity index (χ3v) is 3.98. The maximum atomic E-state index is 13.1. The van der Waals surface area contributed by atoms with Crippen LogP contribution >= 0.6 is 0 Å². The van der Waals surface area contributed by atoms with Crippen LogP contribution in [-0.4, -0.2) is 24.3 Å². The van der Waals surface area contributed by atoms with Crippen molar-refractivity contribution in [3.63, 3.8) is 0 Å². The van der Waals surface area contributed by atoms with Crippen molar-refractivity contribution in [2.75, 3.05) is 13.2 Å². The van der Waals surface area contributed by atoms with Gasteiger partial charge in [-0.15, -0.1) is 0 Å². The summed E-state index contributed by atoms with van der Waals surface area (Å²) in [6, 6.07) is 7.59. The van der Waals surface area contributed by atoms with Gasteiger partial charge < -0.3 is 10.4 Å². The summed E-state index contributed by atoms with van der Waals surface area (Å²) >= 11 is 0. The quantitative estimate of drug-likeness (QED) is 0.707. The zero-order valence-corrected chi connectivity index (χ0v) is 11.4. The average Bonchev–Trinajstić information content (AvgIpc) is 2.35. The largest absolute Gasteiger partial charge is 0.396 e. The maximum Gasteiger partial charge on any atom is 0.123 e. The predicted octanol–water partition coefficient (Wildman–Crippen LogP) is 3.21. The van der Waals surface area contributed by atoms with Crippen molar-refractivity contribution in [2.45, 2.75) is 50.5 Å². The van der Waals surface area contributed by atoms with E-state index in [1.165, 1.54) is 18.9 Å². The molecule has 106 valence electrons. The number of hydrogen-bond acceptors (Lipinski definition) is 2. The Morgan fingerprint density at radius 2 is 1.95 bits per heavy atom. The third-order valence-electron chi connectivity index (χ3n) is 3.98. The third kappa shape index (κ3) is 4.59. The van der Waals surface area contributed by atoms with Crippen molar-refractivity contribution in [1.82, 2.24) is 5.32 Å². The first-order valence-corrected chi connectivity index (χ1v) is 7.39. The van der Waals surface area contributed by atoms with E-state index in [0.717, 1.165) is 37.8 Å². The van der Waals surface area contributed by atoms with E-state index < -0.39 is 0 Å². The molecule has 19 heavy (non-hydrogen) atoms. The molecule has 0 aromatic heterocycles. The molecule has 0 atom stereocenters. The van der Waals surface area contributed by atoms with Gasteiger partial charge in [-0.05, 0) is 55.8 Å². The fourth-order valence-corrected chi connectivity index (χ4v) is 2.71. The molecule has 2 nitrogen and oxygen atoms in total. The van der Waals surface area contributed by atoms with Crippen molar-refractivity contribution < 1.29 is 9.50 Å². The Morgan fingerprint density at radius 1 is 1.16 bits per heavy atom. The summed E-state index contributed by atoms with van der Waals surface area (Å²) in [4.78, 5) is 0. The Balaban J connectivity index is 1.56. The topological polar surface area (TPSA) is 32.3 Å². The van der Waals surface area contributed by atoms with E-state index in [2.05, 4.69) is 5.32 Å². The molecule has 2 rings (SSSR count). The van der Waals surface area contributed by atoms with Crippen LogP contribution < -0.4 is 5.32 Å². The second kappa shape index (κ2) is 7.61. The standard InChI is InChI=1S/C16H24FNO/c17-15-7-5-6-13(10-15)14-11-16(12-14)18-8-3-1-2-4-9-19/h5-7,10,14,16,18-19H,1-4,8-9,11-12H2. The van der Waals surface area contributed by atoms with Crippen LogP contribution in [0.1, 0.15) is 50.0 Å². The van der Waals surface area contributed by atoms with Crippen molar-refractivity contribution in [2.24, 2.45) is 0 Å². The van der Waals surface area contributed by atoms with Crippen LogP contribution in [0.2, 0.25) is 0 Å². The van der Waals surface area contributed by atoms with Crippen molar-refractivity contribution >= 4 is 0 Å². The lowest BCUT2D eigenvalue weighted by atomic mass is 9.76. The van der Waals surface area contributed by atoms with Crippen molar-refractivity contribution in [3.05, 3.63) is 35.6 Å². The van der Waals surface area contributed by atoms with Gasteiger partial charge in [-0.1, -0.05) is 25.0 Å². The van der Waals surface area contributed by atoms with Crippen molar-refractivity contribution in [3.8, 4) is 0 Å². The number of nitrogens with one attached hydrogen (secondary N) is 1. The van der Waals surface area contributed by atoms with E-state index in [1.54, 1.807) is 12.1 Å². The van der Waals surface area contributed by atoms with Crippen LogP contribution in [0.15, 0.2) is 24.3 Å². The first-order chi connectivity index (χ1) is 9.29. The minimum atomic E-state index is -0.127. The lowest BCUT2D eigenvalue weighted by Gasteiger charge is -2.36. The lowest BCUT2D eigenvalue weighted by molar-refractivity contribution is 0.277. The van der Waals surface area contributed by atoms with Crippen LogP contribution in [0.4, 0.5) is 4.39 Å². The summed E-state index contributed by atoms with van der Waals surface area (Å²) in [6.45, 7) is 1.37. The van der Waals surface area contributed by atoms with Gasteiger partial charge in [0.25, 0.3) is 0 Å². The van der Waals surface area contributed by atoms with E-state index in [0.29, 0.717) is 18.6 Å². The summed E-state index contributed by atoms with van der Waals surface area (Å²) < 4.78 is 13.1. The van der Waals surface area contributed by atoms with Crippen LogP contribution in [0.3, 0.4) is 0 Å². The Labute approximate surface area is 115 Å². The van der Waals surface area contributed by atoms with Gasteiger partial charge >= 0.3 is 0 Å². The molecular weight excluding hydrogens is 241 g/mol. The smallest absolute Gasteiger partial charge is 0.123 e. The summed E-state index contributed by atoms with van der Waals surface area (Å²) in [5, 5.41) is 12.2. The first-order valence-electron chi connectivity index (χ1n) is 7.39. The normalized spacial score (nSPS) is 22.2. The van der Waals surface area contributed by atoms with E-state index in [9.17, 15) is 4.39 Å². The van der Waals surface area contributed by atoms with E-state index in [-0.39, 0.29) is 5.82 Å². The Hall–Kier alpha value is -0.930. The van der Waals surface area contributed by atoms with E-state index in [1.807, 2.05) is 6.07 Å². The summed E-state index contributed by atoms with van der Waals surface area (Å²) in [5.41, 5.74) is 1.14. The minimum Gasteiger partial charge on any atom is -0.396 e. The van der Waals surface area contributed by atoms with Gasteiger partial charge in [-0.2, -0.15) is 0 Å². The number of hydrogen-bond donors (Lipinski definition) is 2. The Bertz CT molecular complexity index is 377. The highest BCUT2D eigenvalue weighted by molar-refractivity contribution is 5.23. The average molecular weight is 265 g/mol. The zero-order chi connectivity index (χ0) is 13.5. The fraction of sp³-hybridized carbons (Fsp3) is 0.625. The number of halogens is 1. The lowest BCUT2D eigenvalue weighted by Crippen LogP contribution is -2.40. The highest BCUT2D eigenvalue weighted by Gasteiger charge is 2.29. The van der Waals surface area contributed by atoms with Gasteiger partial charge in [0.05, 0.1) is 0 Å². The van der Waals surface area contributed by atoms with Crippen LogP contribution in [0.25, 0.3) is 0 Å². The second-order valence-corrected chi connectivity index (χ2v) is 5.51. The molecule has 1 aromatic rings. The molecule has 0 radical (unpaired) electrons. The summed E-state index contributed by atoms with van der Waals surface area (Å²) in [6.07, 6.45) is 6.66. The molecule has 0 amide bonds. The fourth-order valence-electron chi connectivity index (χ4n) is 2.71. The summed E-state index contributed by atoms with van der Waals surface area (Å²) in [5.74, 6) is 0.403. The molecule has 1 aliphatic rings. The number of rotatable bonds is 8. The minimum absolute atomic E-state index is 0.127. The first kappa shape index (κ1) is 14.5. The highest BCUT2D eigenvalue weighted by atomic mass is 19.1. The molecule has 1 saturated carbocycles. The van der Waals surface area contributed by atoms with Gasteiger partial charge in [0.15, 0.2) is 0 Å². The monoisotopic (exact) mass is 265 g/mol. The SMILES string of the molecule is OCCCCCCNC1CC(c2cccc(F)c2)C1. The molecule has 1 aliphatic carbocycles. The van der Waals surface area contributed by atoms with Gasteiger partial charge in [0, 0.05) is 12.6 Å². The predicted molar refractivity (Wildman–Crippen MR) is 75.7 cm³/mol.